The quantitative estimate of drug-likeness (QED) is 0.803. The Morgan fingerprint density at radius 1 is 1.19 bits per heavy atom. The average Bonchev–Trinajstić information content (AvgIpc) is 2.97. The highest BCUT2D eigenvalue weighted by Gasteiger charge is 2.35. The third-order valence-electron chi connectivity index (χ3n) is 4.43. The summed E-state index contributed by atoms with van der Waals surface area (Å²) in [5.74, 6) is -1.19. The fourth-order valence-electron chi connectivity index (χ4n) is 3.01. The summed E-state index contributed by atoms with van der Waals surface area (Å²) in [4.78, 5) is 26.0. The molecule has 3 N–H and O–H groups in total. The number of carbonyl (C=O) groups excluding carboxylic acids is 2. The predicted octanol–water partition coefficient (Wildman–Crippen LogP) is 3.27. The predicted molar refractivity (Wildman–Crippen MR) is 94.5 cm³/mol. The molecule has 0 aromatic heterocycles. The maximum absolute atomic E-state index is 12.8. The Morgan fingerprint density at radius 2 is 1.93 bits per heavy atom. The van der Waals surface area contributed by atoms with Gasteiger partial charge in [0.25, 0.3) is 0 Å². The van der Waals surface area contributed by atoms with Crippen LogP contribution in [0.2, 0.25) is 0 Å². The van der Waals surface area contributed by atoms with Crippen molar-refractivity contribution in [3.63, 3.8) is 0 Å². The molecule has 1 heterocycles. The smallest absolute Gasteiger partial charge is 0.397 e. The van der Waals surface area contributed by atoms with E-state index in [1.165, 1.54) is 17.0 Å². The van der Waals surface area contributed by atoms with Crippen LogP contribution < -0.4 is 11.1 Å². The van der Waals surface area contributed by atoms with Gasteiger partial charge in [0.2, 0.25) is 11.8 Å². The fourth-order valence-corrected chi connectivity index (χ4v) is 3.01. The van der Waals surface area contributed by atoms with Gasteiger partial charge in [-0.05, 0) is 29.8 Å². The lowest BCUT2D eigenvalue weighted by Gasteiger charge is -2.18. The molecule has 1 aliphatic rings. The highest BCUT2D eigenvalue weighted by molar-refractivity contribution is 5.99. The molecular formula is C19H18F3N3O2. The maximum atomic E-state index is 12.8. The summed E-state index contributed by atoms with van der Waals surface area (Å²) >= 11 is 0. The van der Waals surface area contributed by atoms with Crippen molar-refractivity contribution in [3.8, 4) is 0 Å². The van der Waals surface area contributed by atoms with Crippen LogP contribution in [0.4, 0.5) is 24.5 Å². The van der Waals surface area contributed by atoms with E-state index in [0.717, 1.165) is 12.1 Å². The number of likely N-dealkylation sites (tertiary alicyclic amines) is 1. The normalized spacial score (nSPS) is 17.2. The summed E-state index contributed by atoms with van der Waals surface area (Å²) in [7, 11) is 0. The first-order valence-electron chi connectivity index (χ1n) is 8.33. The Morgan fingerprint density at radius 3 is 2.63 bits per heavy atom. The zero-order valence-electron chi connectivity index (χ0n) is 14.3. The number of nitrogens with two attached hydrogens (primary N) is 1. The number of nitrogen functional groups attached to an aromatic ring is 1. The molecule has 2 amide bonds. The molecule has 1 saturated heterocycles. The number of alkyl halides is 3. The summed E-state index contributed by atoms with van der Waals surface area (Å²) in [6.07, 6.45) is -4.43. The molecule has 1 atom stereocenters. The van der Waals surface area contributed by atoms with Crippen LogP contribution in [0.3, 0.4) is 0 Å². The van der Waals surface area contributed by atoms with Gasteiger partial charge in [0.05, 0.1) is 22.9 Å². The van der Waals surface area contributed by atoms with E-state index in [-0.39, 0.29) is 31.3 Å². The molecule has 0 saturated carbocycles. The van der Waals surface area contributed by atoms with Crippen LogP contribution in [0.25, 0.3) is 0 Å². The zero-order chi connectivity index (χ0) is 19.6. The largest absolute Gasteiger partial charge is 0.416 e. The van der Waals surface area contributed by atoms with Crippen molar-refractivity contribution in [2.24, 2.45) is 5.92 Å². The molecule has 1 unspecified atom stereocenters. The van der Waals surface area contributed by atoms with Gasteiger partial charge in [0.15, 0.2) is 0 Å². The van der Waals surface area contributed by atoms with E-state index in [9.17, 15) is 22.8 Å². The summed E-state index contributed by atoms with van der Waals surface area (Å²) in [5, 5.41) is 2.69. The van der Waals surface area contributed by atoms with Crippen molar-refractivity contribution < 1.29 is 22.8 Å². The standard InChI is InChI=1S/C19H18F3N3O2/c20-19(21,22)14-5-3-4-12(8-14)10-25-11-13(9-17(25)26)18(27)24-16-7-2-1-6-15(16)23/h1-8,13H,9-11,23H2,(H,24,27). The first-order valence-corrected chi connectivity index (χ1v) is 8.33. The Bertz CT molecular complexity index is 867. The van der Waals surface area contributed by atoms with Crippen molar-refractivity contribution in [2.45, 2.75) is 19.1 Å². The van der Waals surface area contributed by atoms with E-state index in [2.05, 4.69) is 5.32 Å². The van der Waals surface area contributed by atoms with Gasteiger partial charge in [-0.1, -0.05) is 24.3 Å². The van der Waals surface area contributed by atoms with Crippen molar-refractivity contribution in [1.29, 1.82) is 0 Å². The van der Waals surface area contributed by atoms with Crippen LogP contribution in [-0.4, -0.2) is 23.3 Å². The molecular weight excluding hydrogens is 359 g/mol. The van der Waals surface area contributed by atoms with Gasteiger partial charge in [-0.3, -0.25) is 9.59 Å². The lowest BCUT2D eigenvalue weighted by molar-refractivity contribution is -0.137. The number of hydrogen-bond donors (Lipinski definition) is 2. The SMILES string of the molecule is Nc1ccccc1NC(=O)C1CC(=O)N(Cc2cccc(C(F)(F)F)c2)C1. The molecule has 0 bridgehead atoms. The highest BCUT2D eigenvalue weighted by Crippen LogP contribution is 2.30. The van der Waals surface area contributed by atoms with Crippen molar-refractivity contribution in [1.82, 2.24) is 4.90 Å². The van der Waals surface area contributed by atoms with Crippen LogP contribution in [0.1, 0.15) is 17.5 Å². The van der Waals surface area contributed by atoms with Gasteiger partial charge >= 0.3 is 6.18 Å². The Labute approximate surface area is 154 Å². The average molecular weight is 377 g/mol. The molecule has 3 rings (SSSR count). The molecule has 0 spiro atoms. The second-order valence-electron chi connectivity index (χ2n) is 6.45. The number of benzene rings is 2. The number of hydrogen-bond acceptors (Lipinski definition) is 3. The molecule has 1 aliphatic heterocycles. The molecule has 2 aromatic rings. The topological polar surface area (TPSA) is 75.4 Å². The van der Waals surface area contributed by atoms with Crippen molar-refractivity contribution in [3.05, 3.63) is 59.7 Å². The lowest BCUT2D eigenvalue weighted by atomic mass is 10.1. The van der Waals surface area contributed by atoms with E-state index in [4.69, 9.17) is 5.73 Å². The molecule has 5 nitrogen and oxygen atoms in total. The van der Waals surface area contributed by atoms with Gasteiger partial charge in [-0.25, -0.2) is 0 Å². The van der Waals surface area contributed by atoms with Crippen LogP contribution in [0.15, 0.2) is 48.5 Å². The number of carbonyl (C=O) groups is 2. The van der Waals surface area contributed by atoms with Crippen LogP contribution >= 0.6 is 0 Å². The Balaban J connectivity index is 1.65. The molecule has 142 valence electrons. The second kappa shape index (κ2) is 7.30. The van der Waals surface area contributed by atoms with E-state index in [0.29, 0.717) is 16.9 Å². The van der Waals surface area contributed by atoms with E-state index >= 15 is 0 Å². The minimum absolute atomic E-state index is 0.0114. The zero-order valence-corrected chi connectivity index (χ0v) is 14.3. The van der Waals surface area contributed by atoms with E-state index < -0.39 is 17.7 Å². The fraction of sp³-hybridized carbons (Fsp3) is 0.263. The van der Waals surface area contributed by atoms with Crippen LogP contribution in [-0.2, 0) is 22.3 Å². The molecule has 8 heteroatoms. The van der Waals surface area contributed by atoms with Gasteiger partial charge in [-0.2, -0.15) is 13.2 Å². The summed E-state index contributed by atoms with van der Waals surface area (Å²) in [6.45, 7) is 0.174. The number of halogens is 3. The number of anilines is 2. The molecule has 2 aromatic carbocycles. The van der Waals surface area contributed by atoms with Gasteiger partial charge in [0.1, 0.15) is 0 Å². The summed E-state index contributed by atoms with van der Waals surface area (Å²) in [5.41, 5.74) is 6.27. The van der Waals surface area contributed by atoms with Crippen molar-refractivity contribution in [2.75, 3.05) is 17.6 Å². The number of rotatable bonds is 4. The number of amides is 2. The number of nitrogens with zero attached hydrogens (tertiary/aromatic N) is 1. The van der Waals surface area contributed by atoms with Gasteiger partial charge in [-0.15, -0.1) is 0 Å². The molecule has 0 radical (unpaired) electrons. The third kappa shape index (κ3) is 4.39. The minimum Gasteiger partial charge on any atom is -0.397 e. The first kappa shape index (κ1) is 18.8. The summed E-state index contributed by atoms with van der Waals surface area (Å²) < 4.78 is 38.5. The maximum Gasteiger partial charge on any atom is 0.416 e. The number of para-hydroxylation sites is 2. The monoisotopic (exact) mass is 377 g/mol. The van der Waals surface area contributed by atoms with E-state index in [1.807, 2.05) is 0 Å². The molecule has 0 aliphatic carbocycles. The molecule has 1 fully saturated rings. The Kier molecular flexibility index (Phi) is 5.07. The van der Waals surface area contributed by atoms with E-state index in [1.54, 1.807) is 24.3 Å². The minimum atomic E-state index is -4.44. The molecule has 27 heavy (non-hydrogen) atoms. The Hall–Kier alpha value is -3.03. The second-order valence-corrected chi connectivity index (χ2v) is 6.45. The van der Waals surface area contributed by atoms with Crippen LogP contribution in [0, 0.1) is 5.92 Å². The summed E-state index contributed by atoms with van der Waals surface area (Å²) in [6, 6.07) is 11.6. The van der Waals surface area contributed by atoms with Crippen LogP contribution in [0.5, 0.6) is 0 Å². The highest BCUT2D eigenvalue weighted by atomic mass is 19.4. The van der Waals surface area contributed by atoms with Gasteiger partial charge < -0.3 is 16.0 Å². The first-order chi connectivity index (χ1) is 12.7. The number of nitrogens with one attached hydrogen (secondary N) is 1. The van der Waals surface area contributed by atoms with Crippen molar-refractivity contribution >= 4 is 23.2 Å². The lowest BCUT2D eigenvalue weighted by Crippen LogP contribution is -2.28. The van der Waals surface area contributed by atoms with Gasteiger partial charge in [0, 0.05) is 19.5 Å². The third-order valence-corrected chi connectivity index (χ3v) is 4.43.